The fraction of sp³-hybridized carbons (Fsp3) is 0.250. The van der Waals surface area contributed by atoms with Crippen LogP contribution in [0.15, 0.2) is 37.0 Å². The molecule has 0 saturated carbocycles. The second-order valence-electron chi connectivity index (χ2n) is 5.56. The van der Waals surface area contributed by atoms with Gasteiger partial charge in [-0.3, -0.25) is 5.32 Å². The maximum absolute atomic E-state index is 11.7. The van der Waals surface area contributed by atoms with Crippen LogP contribution < -0.4 is 5.32 Å². The molecule has 1 aromatic heterocycles. The molecule has 1 aromatic carbocycles. The minimum atomic E-state index is -0.547. The summed E-state index contributed by atoms with van der Waals surface area (Å²) in [7, 11) is 0. The monoisotopic (exact) mass is 285 g/mol. The molecule has 1 amide bonds. The molecule has 1 heterocycles. The number of anilines is 1. The van der Waals surface area contributed by atoms with Crippen molar-refractivity contribution >= 4 is 18.1 Å². The molecule has 2 rings (SSSR count). The third kappa shape index (κ3) is 3.95. The molecule has 0 bridgehead atoms. The van der Waals surface area contributed by atoms with Crippen LogP contribution in [0.4, 0.5) is 10.7 Å². The molecule has 0 aliphatic heterocycles. The van der Waals surface area contributed by atoms with Crippen LogP contribution in [-0.2, 0) is 4.74 Å². The van der Waals surface area contributed by atoms with Crippen molar-refractivity contribution < 1.29 is 9.53 Å². The van der Waals surface area contributed by atoms with Crippen molar-refractivity contribution in [2.75, 3.05) is 5.32 Å². The fourth-order valence-electron chi connectivity index (χ4n) is 1.84. The van der Waals surface area contributed by atoms with Crippen molar-refractivity contribution in [1.82, 2.24) is 9.97 Å². The lowest BCUT2D eigenvalue weighted by atomic mass is 10.1. The zero-order valence-corrected chi connectivity index (χ0v) is 12.4. The third-order valence-corrected chi connectivity index (χ3v) is 2.67. The van der Waals surface area contributed by atoms with Crippen molar-refractivity contribution in [3.8, 4) is 11.3 Å². The quantitative estimate of drug-likeness (QED) is 0.893. The maximum atomic E-state index is 11.7. The van der Waals surface area contributed by atoms with Crippen LogP contribution in [0.3, 0.4) is 0 Å². The third-order valence-electron chi connectivity index (χ3n) is 2.67. The minimum absolute atomic E-state index is 0.345. The average Bonchev–Trinajstić information content (AvgIpc) is 2.84. The Morgan fingerprint density at radius 3 is 2.76 bits per heavy atom. The number of aromatic amines is 1. The first-order valence-corrected chi connectivity index (χ1v) is 6.66. The highest BCUT2D eigenvalue weighted by molar-refractivity contribution is 5.83. The van der Waals surface area contributed by atoms with E-state index in [0.717, 1.165) is 16.8 Å². The molecule has 5 nitrogen and oxygen atoms in total. The van der Waals surface area contributed by atoms with Gasteiger partial charge in [0.05, 0.1) is 11.9 Å². The lowest BCUT2D eigenvalue weighted by molar-refractivity contribution is 0.0635. The van der Waals surface area contributed by atoms with Gasteiger partial charge in [0.2, 0.25) is 5.95 Å². The topological polar surface area (TPSA) is 67.0 Å². The Labute approximate surface area is 124 Å². The van der Waals surface area contributed by atoms with Gasteiger partial charge < -0.3 is 9.72 Å². The van der Waals surface area contributed by atoms with Gasteiger partial charge >= 0.3 is 6.09 Å². The second-order valence-corrected chi connectivity index (χ2v) is 5.56. The summed E-state index contributed by atoms with van der Waals surface area (Å²) >= 11 is 0. The number of nitrogens with zero attached hydrogens (tertiary/aromatic N) is 1. The first kappa shape index (κ1) is 14.8. The Morgan fingerprint density at radius 1 is 1.38 bits per heavy atom. The van der Waals surface area contributed by atoms with E-state index in [9.17, 15) is 4.79 Å². The van der Waals surface area contributed by atoms with Gasteiger partial charge in [0.1, 0.15) is 5.60 Å². The number of ether oxygens (including phenoxy) is 1. The number of H-pyrrole nitrogens is 1. The van der Waals surface area contributed by atoms with E-state index >= 15 is 0 Å². The van der Waals surface area contributed by atoms with Gasteiger partial charge in [-0.1, -0.05) is 36.9 Å². The number of rotatable bonds is 3. The van der Waals surface area contributed by atoms with Crippen LogP contribution in [0.2, 0.25) is 0 Å². The molecule has 2 aromatic rings. The van der Waals surface area contributed by atoms with Crippen LogP contribution in [0.5, 0.6) is 0 Å². The summed E-state index contributed by atoms with van der Waals surface area (Å²) in [5.74, 6) is 0.345. The van der Waals surface area contributed by atoms with Gasteiger partial charge in [-0.25, -0.2) is 9.78 Å². The molecular weight excluding hydrogens is 266 g/mol. The largest absolute Gasteiger partial charge is 0.444 e. The molecule has 0 spiro atoms. The number of carbonyl (C=O) groups is 1. The van der Waals surface area contributed by atoms with Gasteiger partial charge in [-0.05, 0) is 26.3 Å². The molecule has 0 fully saturated rings. The van der Waals surface area contributed by atoms with Crippen molar-refractivity contribution in [2.24, 2.45) is 0 Å². The lowest BCUT2D eigenvalue weighted by Crippen LogP contribution is -2.27. The smallest absolute Gasteiger partial charge is 0.414 e. The number of imidazole rings is 1. The van der Waals surface area contributed by atoms with Crippen molar-refractivity contribution in [3.63, 3.8) is 0 Å². The van der Waals surface area contributed by atoms with Crippen LogP contribution in [0, 0.1) is 0 Å². The van der Waals surface area contributed by atoms with E-state index in [1.165, 1.54) is 0 Å². The van der Waals surface area contributed by atoms with E-state index in [1.807, 2.05) is 24.3 Å². The van der Waals surface area contributed by atoms with E-state index < -0.39 is 11.7 Å². The standard InChI is InChI=1S/C16H19N3O2/c1-5-11-8-6-7-9-12(11)13-10-17-14(18-13)19-15(20)21-16(2,3)4/h5-10H,1H2,2-4H3,(H2,17,18,19,20). The van der Waals surface area contributed by atoms with E-state index in [0.29, 0.717) is 5.95 Å². The Bertz CT molecular complexity index is 654. The molecule has 0 saturated heterocycles. The van der Waals surface area contributed by atoms with Gasteiger partial charge in [-0.2, -0.15) is 0 Å². The van der Waals surface area contributed by atoms with Crippen LogP contribution in [0.1, 0.15) is 26.3 Å². The SMILES string of the molecule is C=Cc1ccccc1-c1cnc(NC(=O)OC(C)(C)C)[nH]1. The van der Waals surface area contributed by atoms with Gasteiger partial charge in [0.15, 0.2) is 0 Å². The molecule has 110 valence electrons. The summed E-state index contributed by atoms with van der Waals surface area (Å²) in [5, 5.41) is 2.57. The molecule has 0 aliphatic rings. The number of carbonyl (C=O) groups excluding carboxylic acids is 1. The van der Waals surface area contributed by atoms with Crippen molar-refractivity contribution in [2.45, 2.75) is 26.4 Å². The van der Waals surface area contributed by atoms with Gasteiger partial charge in [-0.15, -0.1) is 0 Å². The second kappa shape index (κ2) is 5.83. The van der Waals surface area contributed by atoms with Crippen LogP contribution in [-0.4, -0.2) is 21.7 Å². The Kier molecular flexibility index (Phi) is 4.12. The molecule has 0 aliphatic carbocycles. The molecule has 21 heavy (non-hydrogen) atoms. The average molecular weight is 285 g/mol. The first-order chi connectivity index (χ1) is 9.89. The number of aromatic nitrogens is 2. The van der Waals surface area contributed by atoms with Crippen LogP contribution in [0.25, 0.3) is 17.3 Å². The predicted octanol–water partition coefficient (Wildman–Crippen LogP) is 4.07. The lowest BCUT2D eigenvalue weighted by Gasteiger charge is -2.18. The highest BCUT2D eigenvalue weighted by Crippen LogP contribution is 2.23. The van der Waals surface area contributed by atoms with E-state index in [-0.39, 0.29) is 0 Å². The summed E-state index contributed by atoms with van der Waals surface area (Å²) in [6.45, 7) is 9.21. The number of benzene rings is 1. The first-order valence-electron chi connectivity index (χ1n) is 6.66. The summed E-state index contributed by atoms with van der Waals surface area (Å²) in [6, 6.07) is 7.80. The Morgan fingerprint density at radius 2 is 2.10 bits per heavy atom. The highest BCUT2D eigenvalue weighted by Gasteiger charge is 2.17. The summed E-state index contributed by atoms with van der Waals surface area (Å²) in [5.41, 5.74) is 2.22. The molecule has 0 atom stereocenters. The van der Waals surface area contributed by atoms with Crippen LogP contribution >= 0.6 is 0 Å². The van der Waals surface area contributed by atoms with Crippen molar-refractivity contribution in [3.05, 3.63) is 42.6 Å². The summed E-state index contributed by atoms with van der Waals surface area (Å²) in [6.07, 6.45) is 2.90. The molecule has 2 N–H and O–H groups in total. The van der Waals surface area contributed by atoms with Gasteiger partial charge in [0.25, 0.3) is 0 Å². The molecule has 5 heteroatoms. The van der Waals surface area contributed by atoms with Gasteiger partial charge in [0, 0.05) is 5.56 Å². The number of nitrogens with one attached hydrogen (secondary N) is 2. The number of amides is 1. The van der Waals surface area contributed by atoms with E-state index in [1.54, 1.807) is 33.0 Å². The molecule has 0 radical (unpaired) electrons. The maximum Gasteiger partial charge on any atom is 0.414 e. The molecular formula is C16H19N3O2. The predicted molar refractivity (Wildman–Crippen MR) is 84.0 cm³/mol. The normalized spacial score (nSPS) is 11.0. The fourth-order valence-corrected chi connectivity index (χ4v) is 1.84. The zero-order chi connectivity index (χ0) is 15.5. The molecule has 0 unspecified atom stereocenters. The Balaban J connectivity index is 2.15. The Hall–Kier alpha value is -2.56. The number of hydrogen-bond donors (Lipinski definition) is 2. The zero-order valence-electron chi connectivity index (χ0n) is 12.4. The minimum Gasteiger partial charge on any atom is -0.444 e. The summed E-state index contributed by atoms with van der Waals surface area (Å²) < 4.78 is 5.18. The highest BCUT2D eigenvalue weighted by atomic mass is 16.6. The summed E-state index contributed by atoms with van der Waals surface area (Å²) in [4.78, 5) is 18.9. The van der Waals surface area contributed by atoms with E-state index in [2.05, 4.69) is 21.9 Å². The number of hydrogen-bond acceptors (Lipinski definition) is 3. The van der Waals surface area contributed by atoms with E-state index in [4.69, 9.17) is 4.74 Å². The van der Waals surface area contributed by atoms with Crippen molar-refractivity contribution in [1.29, 1.82) is 0 Å².